The van der Waals surface area contributed by atoms with Crippen LogP contribution in [0, 0.1) is 13.8 Å². The predicted molar refractivity (Wildman–Crippen MR) is 176 cm³/mol. The standard InChI is InChI=1S/C35H38ClN3O4S/c1-25(2)37-35(41)33(22-28-12-6-5-7-13-28)38(23-29-14-10-11-27(4)21-29)34(40)24-39(32-16-9-8-15-31(32)36)44(42,43)30-19-17-26(3)18-20-30/h5-21,25,33H,22-24H2,1-4H3,(H,37,41). The number of hydrogen-bond donors (Lipinski definition) is 1. The van der Waals surface area contributed by atoms with Crippen molar-refractivity contribution in [3.05, 3.63) is 130 Å². The Morgan fingerprint density at radius 2 is 1.43 bits per heavy atom. The van der Waals surface area contributed by atoms with Crippen LogP contribution in [0.1, 0.15) is 36.1 Å². The van der Waals surface area contributed by atoms with Crippen LogP contribution in [0.5, 0.6) is 0 Å². The lowest BCUT2D eigenvalue weighted by molar-refractivity contribution is -0.140. The molecule has 0 aromatic heterocycles. The Kier molecular flexibility index (Phi) is 10.8. The van der Waals surface area contributed by atoms with Gasteiger partial charge >= 0.3 is 0 Å². The third-order valence-electron chi connectivity index (χ3n) is 7.15. The molecule has 0 aliphatic heterocycles. The Labute approximate surface area is 265 Å². The fraction of sp³-hybridized carbons (Fsp3) is 0.257. The number of nitrogens with zero attached hydrogens (tertiary/aromatic N) is 2. The van der Waals surface area contributed by atoms with E-state index in [1.54, 1.807) is 36.4 Å². The summed E-state index contributed by atoms with van der Waals surface area (Å²) < 4.78 is 29.3. The Balaban J connectivity index is 1.82. The zero-order valence-electron chi connectivity index (χ0n) is 25.4. The molecular weight excluding hydrogens is 594 g/mol. The van der Waals surface area contributed by atoms with Gasteiger partial charge in [0.15, 0.2) is 0 Å². The van der Waals surface area contributed by atoms with Crippen molar-refractivity contribution in [2.75, 3.05) is 10.8 Å². The topological polar surface area (TPSA) is 86.8 Å². The first-order chi connectivity index (χ1) is 21.0. The van der Waals surface area contributed by atoms with Crippen LogP contribution in [-0.2, 0) is 32.6 Å². The lowest BCUT2D eigenvalue weighted by atomic mass is 10.0. The van der Waals surface area contributed by atoms with E-state index in [0.717, 1.165) is 26.6 Å². The number of anilines is 1. The van der Waals surface area contributed by atoms with Crippen LogP contribution < -0.4 is 9.62 Å². The van der Waals surface area contributed by atoms with Crippen molar-refractivity contribution in [2.24, 2.45) is 0 Å². The predicted octanol–water partition coefficient (Wildman–Crippen LogP) is 6.32. The van der Waals surface area contributed by atoms with Crippen molar-refractivity contribution in [1.29, 1.82) is 0 Å². The van der Waals surface area contributed by atoms with E-state index in [2.05, 4.69) is 5.32 Å². The van der Waals surface area contributed by atoms with Crippen LogP contribution in [0.2, 0.25) is 5.02 Å². The summed E-state index contributed by atoms with van der Waals surface area (Å²) >= 11 is 6.53. The molecule has 1 N–H and O–H groups in total. The fourth-order valence-electron chi connectivity index (χ4n) is 4.95. The molecule has 4 aromatic rings. The molecule has 4 rings (SSSR count). The zero-order chi connectivity index (χ0) is 31.9. The molecule has 4 aromatic carbocycles. The average molecular weight is 632 g/mol. The SMILES string of the molecule is Cc1ccc(S(=O)(=O)N(CC(=O)N(Cc2cccc(C)c2)C(Cc2ccccc2)C(=O)NC(C)C)c2ccccc2Cl)cc1. The minimum absolute atomic E-state index is 0.0273. The Bertz CT molecular complexity index is 1690. The number of nitrogens with one attached hydrogen (secondary N) is 1. The number of benzene rings is 4. The second kappa shape index (κ2) is 14.6. The number of amides is 2. The number of halogens is 1. The maximum atomic E-state index is 14.5. The summed E-state index contributed by atoms with van der Waals surface area (Å²) in [5.74, 6) is -0.863. The number of carbonyl (C=O) groups excluding carboxylic acids is 2. The minimum Gasteiger partial charge on any atom is -0.352 e. The van der Waals surface area contributed by atoms with Crippen molar-refractivity contribution in [2.45, 2.75) is 57.6 Å². The van der Waals surface area contributed by atoms with Crippen LogP contribution >= 0.6 is 11.6 Å². The summed E-state index contributed by atoms with van der Waals surface area (Å²) in [6.45, 7) is 7.07. The van der Waals surface area contributed by atoms with Gasteiger partial charge in [0.2, 0.25) is 11.8 Å². The summed E-state index contributed by atoms with van der Waals surface area (Å²) in [5.41, 5.74) is 3.76. The third kappa shape index (κ3) is 8.27. The highest BCUT2D eigenvalue weighted by Gasteiger charge is 2.35. The Hall–Kier alpha value is -4.14. The number of carbonyl (C=O) groups is 2. The molecule has 0 radical (unpaired) electrons. The minimum atomic E-state index is -4.22. The molecule has 9 heteroatoms. The van der Waals surface area contributed by atoms with E-state index in [-0.39, 0.29) is 40.5 Å². The lowest BCUT2D eigenvalue weighted by Crippen LogP contribution is -2.54. The van der Waals surface area contributed by atoms with E-state index in [1.165, 1.54) is 17.0 Å². The van der Waals surface area contributed by atoms with E-state index in [1.807, 2.05) is 82.3 Å². The summed E-state index contributed by atoms with van der Waals surface area (Å²) in [4.78, 5) is 29.7. The van der Waals surface area contributed by atoms with Gasteiger partial charge in [0.1, 0.15) is 12.6 Å². The highest BCUT2D eigenvalue weighted by molar-refractivity contribution is 7.92. The lowest BCUT2D eigenvalue weighted by Gasteiger charge is -2.34. The van der Waals surface area contributed by atoms with Crippen molar-refractivity contribution < 1.29 is 18.0 Å². The van der Waals surface area contributed by atoms with Gasteiger partial charge in [-0.2, -0.15) is 0 Å². The largest absolute Gasteiger partial charge is 0.352 e. The molecule has 2 amide bonds. The average Bonchev–Trinajstić information content (AvgIpc) is 2.98. The highest BCUT2D eigenvalue weighted by atomic mass is 35.5. The van der Waals surface area contributed by atoms with Crippen molar-refractivity contribution in [3.63, 3.8) is 0 Å². The molecule has 0 saturated carbocycles. The van der Waals surface area contributed by atoms with Crippen LogP contribution in [0.3, 0.4) is 0 Å². The molecule has 0 aliphatic carbocycles. The molecule has 230 valence electrons. The number of para-hydroxylation sites is 1. The van der Waals surface area contributed by atoms with Gasteiger partial charge in [-0.1, -0.05) is 102 Å². The van der Waals surface area contributed by atoms with Crippen molar-refractivity contribution in [3.8, 4) is 0 Å². The fourth-order valence-corrected chi connectivity index (χ4v) is 6.67. The smallest absolute Gasteiger partial charge is 0.264 e. The van der Waals surface area contributed by atoms with E-state index >= 15 is 0 Å². The van der Waals surface area contributed by atoms with Gasteiger partial charge in [-0.05, 0) is 63.1 Å². The maximum absolute atomic E-state index is 14.5. The molecule has 7 nitrogen and oxygen atoms in total. The molecule has 0 heterocycles. The first kappa shape index (κ1) is 32.8. The summed E-state index contributed by atoms with van der Waals surface area (Å²) in [6, 6.07) is 29.0. The number of aryl methyl sites for hydroxylation is 2. The van der Waals surface area contributed by atoms with Gasteiger partial charge in [-0.3, -0.25) is 13.9 Å². The molecule has 0 aliphatic rings. The zero-order valence-corrected chi connectivity index (χ0v) is 27.0. The maximum Gasteiger partial charge on any atom is 0.264 e. The molecule has 1 atom stereocenters. The van der Waals surface area contributed by atoms with Gasteiger partial charge in [0, 0.05) is 19.0 Å². The molecular formula is C35H38ClN3O4S. The van der Waals surface area contributed by atoms with Crippen LogP contribution in [0.25, 0.3) is 0 Å². The van der Waals surface area contributed by atoms with Crippen LogP contribution in [0.15, 0.2) is 108 Å². The first-order valence-electron chi connectivity index (χ1n) is 14.5. The second-order valence-corrected chi connectivity index (χ2v) is 13.4. The Morgan fingerprint density at radius 1 is 0.795 bits per heavy atom. The van der Waals surface area contributed by atoms with E-state index < -0.39 is 28.5 Å². The van der Waals surface area contributed by atoms with Gasteiger partial charge in [0.05, 0.1) is 15.6 Å². The number of sulfonamides is 1. The monoisotopic (exact) mass is 631 g/mol. The van der Waals surface area contributed by atoms with Gasteiger partial charge in [0.25, 0.3) is 10.0 Å². The molecule has 44 heavy (non-hydrogen) atoms. The first-order valence-corrected chi connectivity index (χ1v) is 16.3. The summed E-state index contributed by atoms with van der Waals surface area (Å²) in [5, 5.41) is 3.15. The van der Waals surface area contributed by atoms with Gasteiger partial charge in [-0.15, -0.1) is 0 Å². The quantitative estimate of drug-likeness (QED) is 0.198. The normalized spacial score (nSPS) is 12.0. The summed E-state index contributed by atoms with van der Waals surface area (Å²) in [7, 11) is -4.22. The highest BCUT2D eigenvalue weighted by Crippen LogP contribution is 2.31. The van der Waals surface area contributed by atoms with Gasteiger partial charge in [-0.25, -0.2) is 8.42 Å². The van der Waals surface area contributed by atoms with Crippen molar-refractivity contribution >= 4 is 39.1 Å². The molecule has 0 saturated heterocycles. The number of rotatable bonds is 12. The molecule has 1 unspecified atom stereocenters. The van der Waals surface area contributed by atoms with Gasteiger partial charge < -0.3 is 10.2 Å². The van der Waals surface area contributed by atoms with E-state index in [4.69, 9.17) is 11.6 Å². The number of hydrogen-bond acceptors (Lipinski definition) is 4. The summed E-state index contributed by atoms with van der Waals surface area (Å²) in [6.07, 6.45) is 0.244. The molecule has 0 fully saturated rings. The van der Waals surface area contributed by atoms with E-state index in [9.17, 15) is 18.0 Å². The van der Waals surface area contributed by atoms with E-state index in [0.29, 0.717) is 0 Å². The van der Waals surface area contributed by atoms with Crippen molar-refractivity contribution in [1.82, 2.24) is 10.2 Å². The van der Waals surface area contributed by atoms with Crippen LogP contribution in [0.4, 0.5) is 5.69 Å². The molecule has 0 bridgehead atoms. The Morgan fingerprint density at radius 3 is 2.07 bits per heavy atom. The molecule has 0 spiro atoms. The third-order valence-corrected chi connectivity index (χ3v) is 9.24. The van der Waals surface area contributed by atoms with Crippen LogP contribution in [-0.4, -0.2) is 43.8 Å². The second-order valence-electron chi connectivity index (χ2n) is 11.2.